The fourth-order valence-corrected chi connectivity index (χ4v) is 2.76. The second-order valence-electron chi connectivity index (χ2n) is 5.82. The van der Waals surface area contributed by atoms with Gasteiger partial charge in [0.05, 0.1) is 6.61 Å². The average molecular weight is 317 g/mol. The Morgan fingerprint density at radius 1 is 1.30 bits per heavy atom. The molecule has 0 aromatic carbocycles. The highest BCUT2D eigenvalue weighted by atomic mass is 16.5. The number of hydrogen-bond acceptors (Lipinski definition) is 7. The summed E-state index contributed by atoms with van der Waals surface area (Å²) in [7, 11) is 3.89. The minimum absolute atomic E-state index is 0.417. The maximum absolute atomic E-state index is 5.45. The lowest BCUT2D eigenvalue weighted by molar-refractivity contribution is 0.326. The third kappa shape index (κ3) is 3.52. The standard InChI is InChI=1S/C15H23N7O/c1-4-23-13-9-12(16-10-17-13)22-7-5-11(6-8-22)14-18-15(20-19-14)21(2)3/h9-11H,4-8H2,1-3H3,(H,18,19,20). The predicted octanol–water partition coefficient (Wildman–Crippen LogP) is 1.44. The first-order valence-electron chi connectivity index (χ1n) is 7.96. The molecule has 3 heterocycles. The van der Waals surface area contributed by atoms with E-state index in [0.29, 0.717) is 18.4 Å². The van der Waals surface area contributed by atoms with Crippen LogP contribution in [0, 0.1) is 0 Å². The molecule has 0 aliphatic carbocycles. The van der Waals surface area contributed by atoms with Crippen molar-refractivity contribution in [2.75, 3.05) is 43.6 Å². The molecule has 0 unspecified atom stereocenters. The number of ether oxygens (including phenoxy) is 1. The van der Waals surface area contributed by atoms with Crippen molar-refractivity contribution in [3.8, 4) is 5.88 Å². The minimum atomic E-state index is 0.417. The van der Waals surface area contributed by atoms with Crippen LogP contribution in [0.3, 0.4) is 0 Å². The highest BCUT2D eigenvalue weighted by Crippen LogP contribution is 2.29. The Hall–Kier alpha value is -2.38. The molecule has 0 radical (unpaired) electrons. The van der Waals surface area contributed by atoms with Crippen LogP contribution in [0.1, 0.15) is 31.5 Å². The van der Waals surface area contributed by atoms with Crippen LogP contribution in [0.2, 0.25) is 0 Å². The second-order valence-corrected chi connectivity index (χ2v) is 5.82. The van der Waals surface area contributed by atoms with Crippen molar-refractivity contribution in [3.63, 3.8) is 0 Å². The van der Waals surface area contributed by atoms with E-state index in [9.17, 15) is 0 Å². The molecule has 124 valence electrons. The molecule has 1 N–H and O–H groups in total. The Balaban J connectivity index is 1.62. The summed E-state index contributed by atoms with van der Waals surface area (Å²) in [5, 5.41) is 7.31. The smallest absolute Gasteiger partial charge is 0.244 e. The quantitative estimate of drug-likeness (QED) is 0.893. The van der Waals surface area contributed by atoms with E-state index in [-0.39, 0.29) is 0 Å². The Labute approximate surface area is 135 Å². The van der Waals surface area contributed by atoms with Gasteiger partial charge >= 0.3 is 0 Å². The summed E-state index contributed by atoms with van der Waals surface area (Å²) in [6.07, 6.45) is 3.61. The van der Waals surface area contributed by atoms with Gasteiger partial charge < -0.3 is 14.5 Å². The summed E-state index contributed by atoms with van der Waals surface area (Å²) < 4.78 is 5.45. The van der Waals surface area contributed by atoms with E-state index in [0.717, 1.165) is 43.5 Å². The number of hydrogen-bond donors (Lipinski definition) is 1. The predicted molar refractivity (Wildman–Crippen MR) is 88.1 cm³/mol. The zero-order chi connectivity index (χ0) is 16.2. The summed E-state index contributed by atoms with van der Waals surface area (Å²) in [6.45, 7) is 4.43. The zero-order valence-corrected chi connectivity index (χ0v) is 13.9. The molecule has 1 fully saturated rings. The Morgan fingerprint density at radius 3 is 2.74 bits per heavy atom. The molecule has 3 rings (SSSR count). The van der Waals surface area contributed by atoms with Crippen molar-refractivity contribution in [2.24, 2.45) is 0 Å². The van der Waals surface area contributed by atoms with Crippen LogP contribution in [-0.2, 0) is 0 Å². The molecular formula is C15H23N7O. The number of aromatic amines is 1. The van der Waals surface area contributed by atoms with Crippen LogP contribution in [0.5, 0.6) is 5.88 Å². The third-order valence-electron chi connectivity index (χ3n) is 4.02. The molecule has 0 saturated carbocycles. The van der Waals surface area contributed by atoms with Crippen LogP contribution in [0.25, 0.3) is 0 Å². The molecule has 1 saturated heterocycles. The molecule has 0 spiro atoms. The van der Waals surface area contributed by atoms with Crippen LogP contribution < -0.4 is 14.5 Å². The normalized spacial score (nSPS) is 15.7. The van der Waals surface area contributed by atoms with Crippen molar-refractivity contribution in [1.29, 1.82) is 0 Å². The summed E-state index contributed by atoms with van der Waals surface area (Å²) in [4.78, 5) is 17.2. The van der Waals surface area contributed by atoms with Gasteiger partial charge in [-0.25, -0.2) is 9.97 Å². The number of anilines is 2. The highest BCUT2D eigenvalue weighted by Gasteiger charge is 2.24. The molecule has 0 atom stereocenters. The fourth-order valence-electron chi connectivity index (χ4n) is 2.76. The Kier molecular flexibility index (Phi) is 4.59. The molecule has 0 bridgehead atoms. The molecule has 8 heteroatoms. The topological polar surface area (TPSA) is 83.1 Å². The summed E-state index contributed by atoms with van der Waals surface area (Å²) >= 11 is 0. The fraction of sp³-hybridized carbons (Fsp3) is 0.600. The molecule has 1 aliphatic rings. The monoisotopic (exact) mass is 317 g/mol. The van der Waals surface area contributed by atoms with Crippen LogP contribution >= 0.6 is 0 Å². The summed E-state index contributed by atoms with van der Waals surface area (Å²) in [6, 6.07) is 1.91. The van der Waals surface area contributed by atoms with Gasteiger partial charge in [-0.3, -0.25) is 5.10 Å². The maximum atomic E-state index is 5.45. The third-order valence-corrected chi connectivity index (χ3v) is 4.02. The maximum Gasteiger partial charge on any atom is 0.244 e. The van der Waals surface area contributed by atoms with Crippen LogP contribution in [-0.4, -0.2) is 58.9 Å². The van der Waals surface area contributed by atoms with E-state index in [1.54, 1.807) is 6.33 Å². The summed E-state index contributed by atoms with van der Waals surface area (Å²) in [5.74, 6) is 3.69. The van der Waals surface area contributed by atoms with Gasteiger partial charge in [0, 0.05) is 39.2 Å². The molecule has 2 aromatic rings. The van der Waals surface area contributed by atoms with Crippen molar-refractivity contribution >= 4 is 11.8 Å². The number of H-pyrrole nitrogens is 1. The molecule has 0 amide bonds. The lowest BCUT2D eigenvalue weighted by Gasteiger charge is -2.31. The van der Waals surface area contributed by atoms with Gasteiger partial charge in [0.1, 0.15) is 18.0 Å². The molecule has 1 aliphatic heterocycles. The number of nitrogens with one attached hydrogen (secondary N) is 1. The first-order valence-corrected chi connectivity index (χ1v) is 7.96. The largest absolute Gasteiger partial charge is 0.478 e. The molecule has 23 heavy (non-hydrogen) atoms. The van der Waals surface area contributed by atoms with E-state index in [2.05, 4.69) is 30.0 Å². The van der Waals surface area contributed by atoms with Crippen LogP contribution in [0.4, 0.5) is 11.8 Å². The van der Waals surface area contributed by atoms with Gasteiger partial charge in [0.25, 0.3) is 0 Å². The lowest BCUT2D eigenvalue weighted by atomic mass is 9.96. The Morgan fingerprint density at radius 2 is 2.09 bits per heavy atom. The minimum Gasteiger partial charge on any atom is -0.478 e. The second kappa shape index (κ2) is 6.80. The number of piperidine rings is 1. The highest BCUT2D eigenvalue weighted by molar-refractivity contribution is 5.41. The zero-order valence-electron chi connectivity index (χ0n) is 13.9. The molecular weight excluding hydrogens is 294 g/mol. The first-order chi connectivity index (χ1) is 11.2. The van der Waals surface area contributed by atoms with E-state index >= 15 is 0 Å². The average Bonchev–Trinajstić information content (AvgIpc) is 3.06. The van der Waals surface area contributed by atoms with Crippen molar-refractivity contribution in [1.82, 2.24) is 25.1 Å². The molecule has 2 aromatic heterocycles. The van der Waals surface area contributed by atoms with E-state index in [4.69, 9.17) is 4.74 Å². The van der Waals surface area contributed by atoms with Gasteiger partial charge in [0.15, 0.2) is 0 Å². The summed E-state index contributed by atoms with van der Waals surface area (Å²) in [5.41, 5.74) is 0. The van der Waals surface area contributed by atoms with Gasteiger partial charge in [-0.1, -0.05) is 0 Å². The molecule has 8 nitrogen and oxygen atoms in total. The van der Waals surface area contributed by atoms with Crippen molar-refractivity contribution in [2.45, 2.75) is 25.7 Å². The Bertz CT molecular complexity index is 634. The van der Waals surface area contributed by atoms with Crippen molar-refractivity contribution < 1.29 is 4.74 Å². The number of nitrogens with zero attached hydrogens (tertiary/aromatic N) is 6. The lowest BCUT2D eigenvalue weighted by Crippen LogP contribution is -2.33. The number of rotatable bonds is 5. The number of aromatic nitrogens is 5. The van der Waals surface area contributed by atoms with Crippen LogP contribution in [0.15, 0.2) is 12.4 Å². The van der Waals surface area contributed by atoms with E-state index < -0.39 is 0 Å². The van der Waals surface area contributed by atoms with E-state index in [1.807, 2.05) is 32.0 Å². The van der Waals surface area contributed by atoms with Gasteiger partial charge in [-0.05, 0) is 19.8 Å². The van der Waals surface area contributed by atoms with Crippen molar-refractivity contribution in [3.05, 3.63) is 18.2 Å². The van der Waals surface area contributed by atoms with Gasteiger partial charge in [0.2, 0.25) is 11.8 Å². The first kappa shape index (κ1) is 15.5. The van der Waals surface area contributed by atoms with Gasteiger partial charge in [-0.15, -0.1) is 5.10 Å². The van der Waals surface area contributed by atoms with E-state index in [1.165, 1.54) is 0 Å². The van der Waals surface area contributed by atoms with Gasteiger partial charge in [-0.2, -0.15) is 4.98 Å². The SMILES string of the molecule is CCOc1cc(N2CCC(c3nc(N(C)C)n[nH]3)CC2)ncn1.